The van der Waals surface area contributed by atoms with Gasteiger partial charge in [0.2, 0.25) is 0 Å². The molecule has 0 radical (unpaired) electrons. The van der Waals surface area contributed by atoms with Crippen molar-refractivity contribution in [2.45, 2.75) is 45.1 Å². The van der Waals surface area contributed by atoms with Crippen molar-refractivity contribution in [3.8, 4) is 11.1 Å². The summed E-state index contributed by atoms with van der Waals surface area (Å²) in [5.74, 6) is -1.11. The van der Waals surface area contributed by atoms with Gasteiger partial charge in [-0.3, -0.25) is 0 Å². The first-order valence-corrected chi connectivity index (χ1v) is 11.3. The number of rotatable bonds is 8. The fourth-order valence-electron chi connectivity index (χ4n) is 4.76. The van der Waals surface area contributed by atoms with Crippen LogP contribution in [0.4, 0.5) is 4.79 Å². The van der Waals surface area contributed by atoms with E-state index in [1.165, 1.54) is 16.7 Å². The Bertz CT molecular complexity index is 1110. The molecule has 1 atom stereocenters. The number of hydrogen-bond acceptors (Lipinski definition) is 3. The molecule has 6 heteroatoms. The lowest BCUT2D eigenvalue weighted by Crippen LogP contribution is -2.41. The van der Waals surface area contributed by atoms with Gasteiger partial charge in [-0.15, -0.1) is 0 Å². The standard InChI is InChI=1S/C28H29NO4.H2S/c1-18-14-19(2)16-20(15-18)8-7-13-26(27(30)31)29-28(32)33-17-25-23-11-5-3-9-21(23)22-10-4-6-12-24(22)25;/h3-6,9-12,14-16,25-26H,7-8,13,17H2,1-2H3,(H,29,32)(H,30,31);1H2/t26-;/m0./s1. The first kappa shape index (κ1) is 25.4. The maximum absolute atomic E-state index is 12.5. The Labute approximate surface area is 207 Å². The molecule has 0 bridgehead atoms. The number of aryl methyl sites for hydroxylation is 3. The zero-order valence-corrected chi connectivity index (χ0v) is 20.5. The molecule has 0 unspecified atom stereocenters. The Morgan fingerprint density at radius 1 is 0.941 bits per heavy atom. The minimum atomic E-state index is -1.05. The second-order valence-corrected chi connectivity index (χ2v) is 8.75. The minimum Gasteiger partial charge on any atom is -0.480 e. The van der Waals surface area contributed by atoms with Crippen molar-refractivity contribution >= 4 is 25.6 Å². The van der Waals surface area contributed by atoms with E-state index in [0.29, 0.717) is 12.8 Å². The lowest BCUT2D eigenvalue weighted by atomic mass is 9.98. The second kappa shape index (κ2) is 11.3. The van der Waals surface area contributed by atoms with Gasteiger partial charge in [0.05, 0.1) is 0 Å². The number of carboxylic acid groups (broad SMARTS) is 1. The van der Waals surface area contributed by atoms with E-state index in [2.05, 4.69) is 49.5 Å². The van der Waals surface area contributed by atoms with E-state index >= 15 is 0 Å². The molecule has 34 heavy (non-hydrogen) atoms. The van der Waals surface area contributed by atoms with Crippen molar-refractivity contribution in [2.24, 2.45) is 0 Å². The van der Waals surface area contributed by atoms with Gasteiger partial charge in [0.1, 0.15) is 12.6 Å². The number of alkyl carbamates (subject to hydrolysis) is 1. The third-order valence-electron chi connectivity index (χ3n) is 6.17. The Morgan fingerprint density at radius 3 is 2.06 bits per heavy atom. The number of carboxylic acids is 1. The molecular weight excluding hydrogens is 446 g/mol. The van der Waals surface area contributed by atoms with Crippen molar-refractivity contribution in [2.75, 3.05) is 6.61 Å². The van der Waals surface area contributed by atoms with Crippen molar-refractivity contribution in [3.05, 3.63) is 94.5 Å². The molecule has 3 aromatic carbocycles. The molecule has 0 fully saturated rings. The number of amides is 1. The molecule has 0 heterocycles. The van der Waals surface area contributed by atoms with E-state index in [4.69, 9.17) is 4.74 Å². The number of nitrogens with one attached hydrogen (secondary N) is 1. The maximum atomic E-state index is 12.5. The number of carbonyl (C=O) groups excluding carboxylic acids is 1. The maximum Gasteiger partial charge on any atom is 0.407 e. The van der Waals surface area contributed by atoms with Crippen molar-refractivity contribution in [1.29, 1.82) is 0 Å². The number of benzene rings is 3. The zero-order chi connectivity index (χ0) is 23.4. The Kier molecular flexibility index (Phi) is 8.40. The van der Waals surface area contributed by atoms with Gasteiger partial charge in [0.25, 0.3) is 0 Å². The van der Waals surface area contributed by atoms with Crippen LogP contribution in [-0.4, -0.2) is 29.8 Å². The molecule has 1 amide bonds. The highest BCUT2D eigenvalue weighted by atomic mass is 32.1. The summed E-state index contributed by atoms with van der Waals surface area (Å²) in [4.78, 5) is 24.2. The fourth-order valence-corrected chi connectivity index (χ4v) is 4.76. The molecule has 1 aliphatic carbocycles. The predicted octanol–water partition coefficient (Wildman–Crippen LogP) is 5.73. The van der Waals surface area contributed by atoms with Gasteiger partial charge in [-0.1, -0.05) is 77.9 Å². The summed E-state index contributed by atoms with van der Waals surface area (Å²) < 4.78 is 5.50. The first-order chi connectivity index (χ1) is 15.9. The molecule has 0 aliphatic heterocycles. The summed E-state index contributed by atoms with van der Waals surface area (Å²) in [6.45, 7) is 4.26. The molecule has 0 aromatic heterocycles. The van der Waals surface area contributed by atoms with Crippen LogP contribution in [0, 0.1) is 13.8 Å². The highest BCUT2D eigenvalue weighted by Crippen LogP contribution is 2.44. The highest BCUT2D eigenvalue weighted by molar-refractivity contribution is 7.59. The average Bonchev–Trinajstić information content (AvgIpc) is 3.10. The molecule has 0 saturated carbocycles. The third-order valence-corrected chi connectivity index (χ3v) is 6.17. The van der Waals surface area contributed by atoms with E-state index in [1.54, 1.807) is 0 Å². The monoisotopic (exact) mass is 477 g/mol. The zero-order valence-electron chi connectivity index (χ0n) is 19.5. The lowest BCUT2D eigenvalue weighted by molar-refractivity contribution is -0.139. The van der Waals surface area contributed by atoms with Crippen LogP contribution in [0.5, 0.6) is 0 Å². The summed E-state index contributed by atoms with van der Waals surface area (Å²) >= 11 is 0. The Balaban J connectivity index is 0.00000324. The third kappa shape index (κ3) is 5.81. The summed E-state index contributed by atoms with van der Waals surface area (Å²) in [6, 6.07) is 21.6. The SMILES string of the molecule is Cc1cc(C)cc(CCC[C@H](NC(=O)OCC2c3ccccc3-c3ccccc32)C(=O)O)c1.S. The van der Waals surface area contributed by atoms with Crippen molar-refractivity contribution < 1.29 is 19.4 Å². The summed E-state index contributed by atoms with van der Waals surface area (Å²) in [6.07, 6.45) is 1.06. The second-order valence-electron chi connectivity index (χ2n) is 8.75. The topological polar surface area (TPSA) is 75.6 Å². The molecule has 4 rings (SSSR count). The average molecular weight is 478 g/mol. The Morgan fingerprint density at radius 2 is 1.50 bits per heavy atom. The summed E-state index contributed by atoms with van der Waals surface area (Å²) in [5, 5.41) is 12.1. The van der Waals surface area contributed by atoms with Gasteiger partial charge >= 0.3 is 12.1 Å². The number of hydrogen-bond donors (Lipinski definition) is 2. The van der Waals surface area contributed by atoms with E-state index in [1.807, 2.05) is 36.4 Å². The van der Waals surface area contributed by atoms with Crippen LogP contribution in [-0.2, 0) is 16.0 Å². The molecule has 0 spiro atoms. The van der Waals surface area contributed by atoms with E-state index in [9.17, 15) is 14.7 Å². The minimum absolute atomic E-state index is 0. The van der Waals surface area contributed by atoms with Gasteiger partial charge < -0.3 is 15.2 Å². The normalized spacial score (nSPS) is 12.8. The lowest BCUT2D eigenvalue weighted by Gasteiger charge is -2.17. The van der Waals surface area contributed by atoms with Crippen LogP contribution in [0.25, 0.3) is 11.1 Å². The largest absolute Gasteiger partial charge is 0.480 e. The van der Waals surface area contributed by atoms with Crippen LogP contribution < -0.4 is 5.32 Å². The van der Waals surface area contributed by atoms with Crippen LogP contribution in [0.2, 0.25) is 0 Å². The van der Waals surface area contributed by atoms with Gasteiger partial charge in [0, 0.05) is 5.92 Å². The number of carbonyl (C=O) groups is 2. The smallest absolute Gasteiger partial charge is 0.407 e. The fraction of sp³-hybridized carbons (Fsp3) is 0.286. The van der Waals surface area contributed by atoms with Crippen LogP contribution >= 0.6 is 13.5 Å². The van der Waals surface area contributed by atoms with Crippen LogP contribution in [0.15, 0.2) is 66.7 Å². The predicted molar refractivity (Wildman–Crippen MR) is 139 cm³/mol. The number of ether oxygens (including phenoxy) is 1. The van der Waals surface area contributed by atoms with Gasteiger partial charge in [-0.05, 0) is 60.9 Å². The molecule has 0 saturated heterocycles. The number of fused-ring (bicyclic) bond motifs is 3. The van der Waals surface area contributed by atoms with E-state index < -0.39 is 18.1 Å². The molecule has 2 N–H and O–H groups in total. The first-order valence-electron chi connectivity index (χ1n) is 11.3. The molecule has 1 aliphatic rings. The van der Waals surface area contributed by atoms with Gasteiger partial charge in [0.15, 0.2) is 0 Å². The van der Waals surface area contributed by atoms with Crippen molar-refractivity contribution in [3.63, 3.8) is 0 Å². The van der Waals surface area contributed by atoms with Gasteiger partial charge in [-0.25, -0.2) is 9.59 Å². The van der Waals surface area contributed by atoms with Crippen LogP contribution in [0.1, 0.15) is 46.6 Å². The highest BCUT2D eigenvalue weighted by Gasteiger charge is 2.29. The quantitative estimate of drug-likeness (QED) is 0.434. The molecular formula is C28H31NO4S. The summed E-state index contributed by atoms with van der Waals surface area (Å²) in [7, 11) is 0. The van der Waals surface area contributed by atoms with Crippen LogP contribution in [0.3, 0.4) is 0 Å². The summed E-state index contributed by atoms with van der Waals surface area (Å²) in [5.41, 5.74) is 8.10. The van der Waals surface area contributed by atoms with E-state index in [-0.39, 0.29) is 26.0 Å². The molecule has 178 valence electrons. The van der Waals surface area contributed by atoms with Gasteiger partial charge in [-0.2, -0.15) is 13.5 Å². The van der Waals surface area contributed by atoms with Crippen molar-refractivity contribution in [1.82, 2.24) is 5.32 Å². The Hall–Kier alpha value is -3.25. The van der Waals surface area contributed by atoms with E-state index in [0.717, 1.165) is 28.7 Å². The number of aliphatic carboxylic acids is 1. The molecule has 3 aromatic rings. The molecule has 5 nitrogen and oxygen atoms in total.